The van der Waals surface area contributed by atoms with Crippen molar-refractivity contribution in [2.24, 2.45) is 0 Å². The monoisotopic (exact) mass is 442 g/mol. The Morgan fingerprint density at radius 2 is 1.85 bits per heavy atom. The van der Waals surface area contributed by atoms with Crippen LogP contribution < -0.4 is 10.5 Å². The average Bonchev–Trinajstić information content (AvgIpc) is 3.26. The van der Waals surface area contributed by atoms with Crippen molar-refractivity contribution < 1.29 is 9.53 Å². The summed E-state index contributed by atoms with van der Waals surface area (Å²) in [4.78, 5) is 22.9. The molecule has 0 unspecified atom stereocenters. The van der Waals surface area contributed by atoms with Crippen molar-refractivity contribution in [3.05, 3.63) is 60.9 Å². The number of benzene rings is 2. The summed E-state index contributed by atoms with van der Waals surface area (Å²) in [6.45, 7) is 3.30. The lowest BCUT2D eigenvalue weighted by Gasteiger charge is -2.32. The van der Waals surface area contributed by atoms with Crippen molar-refractivity contribution in [3.63, 3.8) is 0 Å². The minimum Gasteiger partial charge on any atom is -0.457 e. The van der Waals surface area contributed by atoms with E-state index in [1.165, 1.54) is 6.33 Å². The number of fused-ring (bicyclic) bond motifs is 1. The molecule has 1 saturated heterocycles. The predicted octanol–water partition coefficient (Wildman–Crippen LogP) is 4.44. The number of amides is 1. The minimum atomic E-state index is 0.0421. The first kappa shape index (κ1) is 20.9. The Hall–Kier alpha value is -3.94. The van der Waals surface area contributed by atoms with Crippen LogP contribution in [0.5, 0.6) is 11.5 Å². The molecule has 0 radical (unpaired) electrons. The largest absolute Gasteiger partial charge is 0.457 e. The number of nitrogen functional groups attached to an aromatic ring is 1. The number of rotatable bonds is 5. The van der Waals surface area contributed by atoms with Crippen LogP contribution >= 0.6 is 0 Å². The number of aromatic nitrogens is 4. The normalized spacial score (nSPS) is 16.2. The van der Waals surface area contributed by atoms with Gasteiger partial charge in [0.25, 0.3) is 0 Å². The number of hydrogen-bond acceptors (Lipinski definition) is 6. The fourth-order valence-corrected chi connectivity index (χ4v) is 4.36. The van der Waals surface area contributed by atoms with Crippen LogP contribution in [-0.4, -0.2) is 43.6 Å². The van der Waals surface area contributed by atoms with Crippen molar-refractivity contribution >= 4 is 22.8 Å². The SMILES string of the molecule is CCC(=O)N1CCC[C@@H](n2nc(-c3ccc(Oc4ccccc4)cc3)c3c(N)ncnc32)C1. The highest BCUT2D eigenvalue weighted by Crippen LogP contribution is 2.34. The maximum Gasteiger partial charge on any atom is 0.222 e. The molecule has 8 heteroatoms. The Labute approximate surface area is 192 Å². The molecule has 5 rings (SSSR count). The number of carbonyl (C=O) groups is 1. The predicted molar refractivity (Wildman–Crippen MR) is 127 cm³/mol. The second-order valence-electron chi connectivity index (χ2n) is 8.18. The van der Waals surface area contributed by atoms with Crippen LogP contribution in [0.4, 0.5) is 5.82 Å². The van der Waals surface area contributed by atoms with Gasteiger partial charge < -0.3 is 15.4 Å². The summed E-state index contributed by atoms with van der Waals surface area (Å²) in [5, 5.41) is 5.66. The Balaban J connectivity index is 1.49. The smallest absolute Gasteiger partial charge is 0.222 e. The summed E-state index contributed by atoms with van der Waals surface area (Å²) in [7, 11) is 0. The van der Waals surface area contributed by atoms with Crippen LogP contribution in [-0.2, 0) is 4.79 Å². The van der Waals surface area contributed by atoms with Gasteiger partial charge in [0, 0.05) is 25.1 Å². The molecule has 0 spiro atoms. The van der Waals surface area contributed by atoms with Gasteiger partial charge in [-0.3, -0.25) is 4.79 Å². The van der Waals surface area contributed by atoms with Gasteiger partial charge in [-0.25, -0.2) is 14.6 Å². The number of ether oxygens (including phenoxy) is 1. The molecular formula is C25H26N6O2. The highest BCUT2D eigenvalue weighted by Gasteiger charge is 2.28. The third-order valence-electron chi connectivity index (χ3n) is 6.02. The molecule has 1 amide bonds. The van der Waals surface area contributed by atoms with Crippen molar-refractivity contribution in [2.75, 3.05) is 18.8 Å². The Bertz CT molecular complexity index is 1270. The summed E-state index contributed by atoms with van der Waals surface area (Å²) in [6, 6.07) is 17.4. The van der Waals surface area contributed by atoms with E-state index in [1.807, 2.05) is 71.1 Å². The third-order valence-corrected chi connectivity index (χ3v) is 6.02. The van der Waals surface area contributed by atoms with E-state index >= 15 is 0 Å². The third kappa shape index (κ3) is 4.11. The van der Waals surface area contributed by atoms with E-state index in [-0.39, 0.29) is 11.9 Å². The zero-order valence-electron chi connectivity index (χ0n) is 18.5. The van der Waals surface area contributed by atoms with Gasteiger partial charge in [0.15, 0.2) is 5.65 Å². The molecule has 0 bridgehead atoms. The van der Waals surface area contributed by atoms with Gasteiger partial charge in [-0.1, -0.05) is 25.1 Å². The van der Waals surface area contributed by atoms with Crippen molar-refractivity contribution in [2.45, 2.75) is 32.2 Å². The van der Waals surface area contributed by atoms with E-state index in [1.54, 1.807) is 0 Å². The fraction of sp³-hybridized carbons (Fsp3) is 0.280. The second kappa shape index (κ2) is 8.90. The van der Waals surface area contributed by atoms with E-state index in [2.05, 4.69) is 9.97 Å². The van der Waals surface area contributed by atoms with E-state index in [9.17, 15) is 4.79 Å². The number of nitrogens with two attached hydrogens (primary N) is 1. The standard InChI is InChI=1S/C25H26N6O2/c1-2-21(32)30-14-6-7-18(15-30)31-25-22(24(26)27-16-28-25)23(29-31)17-10-12-20(13-11-17)33-19-8-4-3-5-9-19/h3-5,8-13,16,18H,2,6-7,14-15H2,1H3,(H2,26,27,28)/t18-/m1/s1. The first-order chi connectivity index (χ1) is 16.1. The fourth-order valence-electron chi connectivity index (χ4n) is 4.36. The summed E-state index contributed by atoms with van der Waals surface area (Å²) in [5.74, 6) is 2.07. The molecule has 0 saturated carbocycles. The van der Waals surface area contributed by atoms with Crippen molar-refractivity contribution in [1.82, 2.24) is 24.6 Å². The van der Waals surface area contributed by atoms with Crippen LogP contribution in [0.2, 0.25) is 0 Å². The van der Waals surface area contributed by atoms with Crippen LogP contribution in [0.25, 0.3) is 22.3 Å². The van der Waals surface area contributed by atoms with Gasteiger partial charge in [-0.15, -0.1) is 0 Å². The van der Waals surface area contributed by atoms with Crippen LogP contribution in [0.1, 0.15) is 32.2 Å². The number of carbonyl (C=O) groups excluding carboxylic acids is 1. The molecule has 1 aliphatic heterocycles. The molecule has 8 nitrogen and oxygen atoms in total. The number of likely N-dealkylation sites (tertiary alicyclic amines) is 1. The number of nitrogens with zero attached hydrogens (tertiary/aromatic N) is 5. The Morgan fingerprint density at radius 1 is 1.09 bits per heavy atom. The number of piperidine rings is 1. The quantitative estimate of drug-likeness (QED) is 0.490. The maximum absolute atomic E-state index is 12.3. The summed E-state index contributed by atoms with van der Waals surface area (Å²) < 4.78 is 7.84. The lowest BCUT2D eigenvalue weighted by Crippen LogP contribution is -2.40. The molecule has 0 aliphatic carbocycles. The van der Waals surface area contributed by atoms with E-state index in [0.717, 1.165) is 47.5 Å². The lowest BCUT2D eigenvalue weighted by molar-refractivity contribution is -0.132. The molecule has 1 aliphatic rings. The zero-order chi connectivity index (χ0) is 22.8. The molecule has 168 valence electrons. The van der Waals surface area contributed by atoms with Gasteiger partial charge in [-0.05, 0) is 49.2 Å². The molecule has 1 atom stereocenters. The first-order valence-corrected chi connectivity index (χ1v) is 11.2. The van der Waals surface area contributed by atoms with Gasteiger partial charge in [-0.2, -0.15) is 5.10 Å². The average molecular weight is 443 g/mol. The van der Waals surface area contributed by atoms with E-state index < -0.39 is 0 Å². The second-order valence-corrected chi connectivity index (χ2v) is 8.18. The summed E-state index contributed by atoms with van der Waals surface area (Å²) in [6.07, 6.45) is 3.83. The lowest BCUT2D eigenvalue weighted by atomic mass is 10.1. The van der Waals surface area contributed by atoms with Gasteiger partial charge in [0.1, 0.15) is 29.3 Å². The van der Waals surface area contributed by atoms with E-state index in [4.69, 9.17) is 15.6 Å². The van der Waals surface area contributed by atoms with Gasteiger partial charge >= 0.3 is 0 Å². The Morgan fingerprint density at radius 3 is 2.61 bits per heavy atom. The van der Waals surface area contributed by atoms with Gasteiger partial charge in [0.05, 0.1) is 11.4 Å². The molecule has 2 aromatic heterocycles. The molecule has 2 N–H and O–H groups in total. The zero-order valence-corrected chi connectivity index (χ0v) is 18.5. The molecule has 2 aromatic carbocycles. The highest BCUT2D eigenvalue weighted by molar-refractivity contribution is 5.98. The van der Waals surface area contributed by atoms with Crippen LogP contribution in [0.3, 0.4) is 0 Å². The highest BCUT2D eigenvalue weighted by atomic mass is 16.5. The topological polar surface area (TPSA) is 99.2 Å². The van der Waals surface area contributed by atoms with Crippen molar-refractivity contribution in [3.8, 4) is 22.8 Å². The molecule has 3 heterocycles. The minimum absolute atomic E-state index is 0.0421. The molecule has 4 aromatic rings. The Kier molecular flexibility index (Phi) is 5.64. The summed E-state index contributed by atoms with van der Waals surface area (Å²) >= 11 is 0. The molecule has 1 fully saturated rings. The number of anilines is 1. The summed E-state index contributed by atoms with van der Waals surface area (Å²) in [5.41, 5.74) is 8.60. The van der Waals surface area contributed by atoms with Gasteiger partial charge in [0.2, 0.25) is 5.91 Å². The molecule has 33 heavy (non-hydrogen) atoms. The van der Waals surface area contributed by atoms with E-state index in [0.29, 0.717) is 24.4 Å². The molecular weight excluding hydrogens is 416 g/mol. The van der Waals surface area contributed by atoms with Crippen molar-refractivity contribution in [1.29, 1.82) is 0 Å². The number of para-hydroxylation sites is 1. The van der Waals surface area contributed by atoms with Crippen LogP contribution in [0.15, 0.2) is 60.9 Å². The number of hydrogen-bond donors (Lipinski definition) is 1. The maximum atomic E-state index is 12.3. The van der Waals surface area contributed by atoms with Crippen LogP contribution in [0, 0.1) is 0 Å². The first-order valence-electron chi connectivity index (χ1n) is 11.2.